The maximum absolute atomic E-state index is 7.97. The molecule has 0 aliphatic carbocycles. The summed E-state index contributed by atoms with van der Waals surface area (Å²) >= 11 is 0. The molecule has 44 valence electrons. The fourth-order valence-corrected chi connectivity index (χ4v) is 0.158. The Hall–Kier alpha value is 0.905. The van der Waals surface area contributed by atoms with Crippen LogP contribution in [-0.2, 0) is 4.65 Å². The normalized spacial score (nSPS) is 7.88. The Labute approximate surface area is 69.9 Å². The monoisotopic (exact) mass is 130 g/mol. The van der Waals surface area contributed by atoms with Crippen LogP contribution in [0.4, 0.5) is 0 Å². The van der Waals surface area contributed by atoms with Crippen LogP contribution < -0.4 is 0 Å². The average Bonchev–Trinajstić information content (AvgIpc) is 1.61. The van der Waals surface area contributed by atoms with E-state index in [0.29, 0.717) is 0 Å². The van der Waals surface area contributed by atoms with Crippen LogP contribution in [0.1, 0.15) is 0 Å². The summed E-state index contributed by atoms with van der Waals surface area (Å²) in [4.78, 5) is 0. The van der Waals surface area contributed by atoms with Crippen LogP contribution in [0.15, 0.2) is 0 Å². The van der Waals surface area contributed by atoms with Crippen molar-refractivity contribution >= 4 is 36.9 Å². The zero-order valence-corrected chi connectivity index (χ0v) is 3.74. The van der Waals surface area contributed by atoms with Crippen molar-refractivity contribution < 1.29 is 19.8 Å². The number of aliphatic hydroxyl groups is 1. The third kappa shape index (κ3) is 10.0. The van der Waals surface area contributed by atoms with Crippen LogP contribution in [0.2, 0.25) is 0 Å². The number of rotatable bonds is 3. The van der Waals surface area contributed by atoms with Gasteiger partial charge in [0.25, 0.3) is 0 Å². The fraction of sp³-hybridized carbons (Fsp3) is 1.00. The van der Waals surface area contributed by atoms with Crippen molar-refractivity contribution in [2.45, 2.75) is 0 Å². The molecular weight excluding hydrogens is 122 g/mol. The Balaban J connectivity index is 0. The van der Waals surface area contributed by atoms with Crippen LogP contribution >= 0.6 is 0 Å². The molecular formula is C2H8BNaO4. The molecule has 0 aromatic rings. The van der Waals surface area contributed by atoms with E-state index in [0.717, 1.165) is 0 Å². The summed E-state index contributed by atoms with van der Waals surface area (Å²) in [5, 5.41) is 23.8. The summed E-state index contributed by atoms with van der Waals surface area (Å²) in [5.74, 6) is 0. The Kier molecular flexibility index (Phi) is 11.5. The average molecular weight is 130 g/mol. The second-order valence-corrected chi connectivity index (χ2v) is 0.921. The first kappa shape index (κ1) is 11.7. The van der Waals surface area contributed by atoms with Gasteiger partial charge in [0.1, 0.15) is 0 Å². The van der Waals surface area contributed by atoms with Crippen molar-refractivity contribution in [1.82, 2.24) is 0 Å². The Bertz CT molecular complexity index is 43.0. The summed E-state index contributed by atoms with van der Waals surface area (Å²) in [5.41, 5.74) is 0. The van der Waals surface area contributed by atoms with E-state index in [1.807, 2.05) is 0 Å². The molecule has 0 bridgehead atoms. The predicted octanol–water partition coefficient (Wildman–Crippen LogP) is -2.68. The molecule has 3 N–H and O–H groups in total. The molecule has 0 heterocycles. The van der Waals surface area contributed by atoms with Gasteiger partial charge >= 0.3 is 36.9 Å². The topological polar surface area (TPSA) is 69.9 Å². The summed E-state index contributed by atoms with van der Waals surface area (Å²) in [6.45, 7) is -0.241. The van der Waals surface area contributed by atoms with E-state index >= 15 is 0 Å². The number of aliphatic hydroxyl groups excluding tert-OH is 1. The molecule has 0 atom stereocenters. The summed E-state index contributed by atoms with van der Waals surface area (Å²) in [7, 11) is -1.76. The second kappa shape index (κ2) is 7.90. The van der Waals surface area contributed by atoms with Gasteiger partial charge < -0.3 is 19.8 Å². The zero-order chi connectivity index (χ0) is 5.70. The van der Waals surface area contributed by atoms with E-state index in [1.165, 1.54) is 0 Å². The molecule has 0 aromatic carbocycles. The molecule has 6 heteroatoms. The molecule has 8 heavy (non-hydrogen) atoms. The Morgan fingerprint density at radius 2 is 1.88 bits per heavy atom. The van der Waals surface area contributed by atoms with Gasteiger partial charge in [-0.05, 0) is 0 Å². The number of hydrogen-bond donors (Lipinski definition) is 3. The first-order valence-electron chi connectivity index (χ1n) is 1.86. The molecule has 0 rings (SSSR count). The quantitative estimate of drug-likeness (QED) is 0.364. The van der Waals surface area contributed by atoms with Gasteiger partial charge in [-0.2, -0.15) is 0 Å². The molecule has 0 amide bonds. The number of hydrogen-bond acceptors (Lipinski definition) is 4. The molecule has 0 unspecified atom stereocenters. The van der Waals surface area contributed by atoms with Crippen LogP contribution in [-0.4, -0.2) is 65.2 Å². The van der Waals surface area contributed by atoms with Crippen molar-refractivity contribution in [3.8, 4) is 0 Å². The molecule has 4 nitrogen and oxygen atoms in total. The molecule has 0 saturated carbocycles. The van der Waals surface area contributed by atoms with E-state index < -0.39 is 7.32 Å². The SMILES string of the molecule is OCCOB(O)O.[NaH]. The van der Waals surface area contributed by atoms with E-state index in [9.17, 15) is 0 Å². The molecule has 0 radical (unpaired) electrons. The van der Waals surface area contributed by atoms with Crippen molar-refractivity contribution in [3.63, 3.8) is 0 Å². The second-order valence-electron chi connectivity index (χ2n) is 0.921. The van der Waals surface area contributed by atoms with Crippen LogP contribution in [0.5, 0.6) is 0 Å². The van der Waals surface area contributed by atoms with Crippen molar-refractivity contribution in [2.75, 3.05) is 13.2 Å². The minimum absolute atomic E-state index is 0. The summed E-state index contributed by atoms with van der Waals surface area (Å²) in [6.07, 6.45) is 0. The van der Waals surface area contributed by atoms with Crippen molar-refractivity contribution in [2.24, 2.45) is 0 Å². The molecule has 0 aromatic heterocycles. The maximum atomic E-state index is 7.97. The fourth-order valence-electron chi connectivity index (χ4n) is 0.158. The van der Waals surface area contributed by atoms with E-state index in [4.69, 9.17) is 15.2 Å². The van der Waals surface area contributed by atoms with E-state index in [-0.39, 0.29) is 42.8 Å². The van der Waals surface area contributed by atoms with E-state index in [2.05, 4.69) is 4.65 Å². The van der Waals surface area contributed by atoms with Crippen LogP contribution in [0.3, 0.4) is 0 Å². The first-order valence-corrected chi connectivity index (χ1v) is 1.86. The Morgan fingerprint density at radius 1 is 1.38 bits per heavy atom. The molecule has 0 fully saturated rings. The third-order valence-electron chi connectivity index (χ3n) is 0.358. The van der Waals surface area contributed by atoms with Crippen LogP contribution in [0, 0.1) is 0 Å². The van der Waals surface area contributed by atoms with Gasteiger partial charge in [0, 0.05) is 0 Å². The van der Waals surface area contributed by atoms with Crippen molar-refractivity contribution in [3.05, 3.63) is 0 Å². The van der Waals surface area contributed by atoms with Gasteiger partial charge in [-0.15, -0.1) is 0 Å². The summed E-state index contributed by atoms with van der Waals surface area (Å²) < 4.78 is 4.05. The van der Waals surface area contributed by atoms with Crippen molar-refractivity contribution in [1.29, 1.82) is 0 Å². The van der Waals surface area contributed by atoms with Gasteiger partial charge in [0.05, 0.1) is 13.2 Å². The minimum atomic E-state index is -1.76. The van der Waals surface area contributed by atoms with Gasteiger partial charge in [-0.3, -0.25) is 0 Å². The zero-order valence-electron chi connectivity index (χ0n) is 3.74. The van der Waals surface area contributed by atoms with Gasteiger partial charge in [0.2, 0.25) is 0 Å². The first-order chi connectivity index (χ1) is 3.27. The molecule has 0 saturated heterocycles. The molecule has 0 aliphatic heterocycles. The molecule has 0 spiro atoms. The van der Waals surface area contributed by atoms with Gasteiger partial charge in [-0.25, -0.2) is 0 Å². The molecule has 0 aliphatic rings. The van der Waals surface area contributed by atoms with Gasteiger partial charge in [-0.1, -0.05) is 0 Å². The summed E-state index contributed by atoms with van der Waals surface area (Å²) in [6, 6.07) is 0. The van der Waals surface area contributed by atoms with E-state index in [1.54, 1.807) is 0 Å². The third-order valence-corrected chi connectivity index (χ3v) is 0.358. The van der Waals surface area contributed by atoms with Crippen LogP contribution in [0.25, 0.3) is 0 Å². The Morgan fingerprint density at radius 3 is 2.00 bits per heavy atom. The predicted molar refractivity (Wildman–Crippen MR) is 30.4 cm³/mol. The van der Waals surface area contributed by atoms with Gasteiger partial charge in [0.15, 0.2) is 0 Å². The standard InChI is InChI=1S/C2H7BO4.Na.H/c4-1-2-7-3(5)6;;/h4-6H,1-2H2;;.